The molecule has 0 heterocycles. The van der Waals surface area contributed by atoms with Crippen LogP contribution in [-0.2, 0) is 0 Å². The smallest absolute Gasteiger partial charge is 0.335 e. The molecule has 0 spiro atoms. The van der Waals surface area contributed by atoms with Crippen LogP contribution in [-0.4, -0.2) is 79.2 Å². The van der Waals surface area contributed by atoms with E-state index in [1.165, 1.54) is 0 Å². The minimum atomic E-state index is -1.29. The van der Waals surface area contributed by atoms with E-state index in [1.54, 1.807) is 0 Å². The largest absolute Gasteiger partial charge is 0.504 e. The predicted molar refractivity (Wildman–Crippen MR) is 115 cm³/mol. The maximum absolute atomic E-state index is 10.3. The summed E-state index contributed by atoms with van der Waals surface area (Å²) in [7, 11) is 0. The summed E-state index contributed by atoms with van der Waals surface area (Å²) in [6.45, 7) is 0. The Morgan fingerprint density at radius 2 is 0.514 bits per heavy atom. The Morgan fingerprint density at radius 3 is 0.622 bits per heavy atom. The fraction of sp³-hybridized carbons (Fsp3) is 0. The van der Waals surface area contributed by atoms with Gasteiger partial charge in [0.05, 0.1) is 16.7 Å². The van der Waals surface area contributed by atoms with Gasteiger partial charge in [0.15, 0.2) is 51.7 Å². The van der Waals surface area contributed by atoms with Crippen molar-refractivity contribution in [1.29, 1.82) is 0 Å². The summed E-state index contributed by atoms with van der Waals surface area (Å²) in [6, 6.07) is 5.07. The van der Waals surface area contributed by atoms with Gasteiger partial charge in [-0.1, -0.05) is 0 Å². The first-order valence-electron chi connectivity index (χ1n) is 9.01. The first kappa shape index (κ1) is 32.6. The molecule has 3 aromatic carbocycles. The average Bonchev–Trinajstić information content (AvgIpc) is 2.79. The molecule has 0 unspecified atom stereocenters. The normalized spacial score (nSPS) is 9.41. The molecule has 0 amide bonds. The molecule has 16 heteroatoms. The van der Waals surface area contributed by atoms with E-state index in [4.69, 9.17) is 61.3 Å². The van der Waals surface area contributed by atoms with Crippen LogP contribution in [0.5, 0.6) is 51.7 Å². The molecule has 0 bridgehead atoms. The average molecular weight is 668 g/mol. The van der Waals surface area contributed by atoms with Crippen LogP contribution in [0.1, 0.15) is 31.1 Å². The van der Waals surface area contributed by atoms with Crippen molar-refractivity contribution in [1.82, 2.24) is 0 Å². The number of phenolic OH excluding ortho intramolecular Hbond substituents is 9. The van der Waals surface area contributed by atoms with Crippen molar-refractivity contribution in [2.75, 3.05) is 0 Å². The Bertz CT molecular complexity index is 1090. The van der Waals surface area contributed by atoms with Gasteiger partial charge >= 0.3 is 17.9 Å². The zero-order valence-electron chi connectivity index (χ0n) is 17.9. The molecule has 0 atom stereocenters. The van der Waals surface area contributed by atoms with Gasteiger partial charge in [-0.2, -0.15) is 0 Å². The molecule has 3 rings (SSSR count). The van der Waals surface area contributed by atoms with Crippen molar-refractivity contribution < 1.29 is 116 Å². The maximum atomic E-state index is 10.3. The van der Waals surface area contributed by atoms with E-state index in [1.807, 2.05) is 0 Å². The Morgan fingerprint density at radius 1 is 0.378 bits per heavy atom. The van der Waals surface area contributed by atoms with E-state index < -0.39 is 69.7 Å². The fourth-order valence-electron chi connectivity index (χ4n) is 2.18. The first-order valence-corrected chi connectivity index (χ1v) is 9.01. The van der Waals surface area contributed by atoms with E-state index >= 15 is 0 Å². The standard InChI is InChI=1S/3C7H6O5.Gd/c3*8-4-1-3(7(11)12)2-5(9)6(4)10;/h3*1-2,8-10H,(H,11,12);. The number of carbonyl (C=O) groups is 3. The van der Waals surface area contributed by atoms with Crippen LogP contribution in [0.25, 0.3) is 0 Å². The van der Waals surface area contributed by atoms with Gasteiger partial charge in [0.1, 0.15) is 0 Å². The van der Waals surface area contributed by atoms with Crippen molar-refractivity contribution in [3.8, 4) is 51.7 Å². The van der Waals surface area contributed by atoms with Gasteiger partial charge in [-0.3, -0.25) is 0 Å². The molecular weight excluding hydrogens is 649 g/mol. The van der Waals surface area contributed by atoms with Gasteiger partial charge < -0.3 is 61.3 Å². The predicted octanol–water partition coefficient (Wildman–Crippen LogP) is 1.50. The Kier molecular flexibility index (Phi) is 12.0. The fourth-order valence-corrected chi connectivity index (χ4v) is 2.18. The number of aromatic carboxylic acids is 3. The minimum Gasteiger partial charge on any atom is -0.504 e. The third-order valence-corrected chi connectivity index (χ3v) is 3.95. The van der Waals surface area contributed by atoms with Crippen molar-refractivity contribution in [3.63, 3.8) is 0 Å². The summed E-state index contributed by atoms with van der Waals surface area (Å²) in [6.07, 6.45) is 0. The maximum Gasteiger partial charge on any atom is 0.335 e. The summed E-state index contributed by atoms with van der Waals surface area (Å²) in [5.41, 5.74) is -0.867. The molecule has 0 radical (unpaired) electrons. The number of hydrogen-bond acceptors (Lipinski definition) is 12. The van der Waals surface area contributed by atoms with Crippen molar-refractivity contribution >= 4 is 17.9 Å². The topological polar surface area (TPSA) is 294 Å². The van der Waals surface area contributed by atoms with Gasteiger partial charge in [-0.15, -0.1) is 0 Å². The Labute approximate surface area is 237 Å². The Hall–Kier alpha value is -4.41. The monoisotopic (exact) mass is 668 g/mol. The van der Waals surface area contributed by atoms with E-state index in [2.05, 4.69) is 0 Å². The number of aromatic hydroxyl groups is 9. The van der Waals surface area contributed by atoms with Crippen LogP contribution in [0.3, 0.4) is 0 Å². The molecule has 3 aromatic rings. The molecule has 12 N–H and O–H groups in total. The van der Waals surface area contributed by atoms with E-state index in [9.17, 15) is 14.4 Å². The third-order valence-electron chi connectivity index (χ3n) is 3.95. The number of benzene rings is 3. The molecule has 0 saturated carbocycles. The zero-order valence-corrected chi connectivity index (χ0v) is 20.2. The second-order valence-electron chi connectivity index (χ2n) is 6.50. The first-order chi connectivity index (χ1) is 16.6. The Balaban J connectivity index is 0.000000518. The van der Waals surface area contributed by atoms with Crippen molar-refractivity contribution in [2.45, 2.75) is 0 Å². The quantitative estimate of drug-likeness (QED) is 0.176. The zero-order chi connectivity index (χ0) is 27.9. The molecule has 37 heavy (non-hydrogen) atoms. The number of hydrogen-bond donors (Lipinski definition) is 12. The number of rotatable bonds is 3. The molecule has 0 aromatic heterocycles. The number of phenols is 9. The summed E-state index contributed by atoms with van der Waals surface area (Å²) in [5, 5.41) is 105. The van der Waals surface area contributed by atoms with E-state index in [0.717, 1.165) is 36.4 Å². The van der Waals surface area contributed by atoms with Crippen LogP contribution >= 0.6 is 0 Å². The van der Waals surface area contributed by atoms with Crippen LogP contribution in [0.2, 0.25) is 0 Å². The summed E-state index contributed by atoms with van der Waals surface area (Å²) in [5.74, 6) is -10.00. The van der Waals surface area contributed by atoms with Crippen molar-refractivity contribution in [3.05, 3.63) is 53.1 Å². The van der Waals surface area contributed by atoms with Gasteiger partial charge in [0.25, 0.3) is 0 Å². The second-order valence-corrected chi connectivity index (χ2v) is 6.50. The molecule has 200 valence electrons. The van der Waals surface area contributed by atoms with Gasteiger partial charge in [0.2, 0.25) is 0 Å². The summed E-state index contributed by atoms with van der Waals surface area (Å²) in [4.78, 5) is 30.9. The third kappa shape index (κ3) is 8.95. The van der Waals surface area contributed by atoms with Gasteiger partial charge in [0, 0.05) is 39.9 Å². The summed E-state index contributed by atoms with van der Waals surface area (Å²) < 4.78 is 0. The van der Waals surface area contributed by atoms with Gasteiger partial charge in [-0.25, -0.2) is 14.4 Å². The number of carboxylic acids is 3. The van der Waals surface area contributed by atoms with Crippen LogP contribution < -0.4 is 0 Å². The minimum absolute atomic E-state index is 0. The second kappa shape index (κ2) is 13.6. The van der Waals surface area contributed by atoms with E-state index in [0.29, 0.717) is 0 Å². The summed E-state index contributed by atoms with van der Waals surface area (Å²) >= 11 is 0. The molecule has 0 aliphatic carbocycles. The van der Waals surface area contributed by atoms with Crippen LogP contribution in [0.4, 0.5) is 0 Å². The van der Waals surface area contributed by atoms with Crippen molar-refractivity contribution in [2.24, 2.45) is 0 Å². The number of carboxylic acid groups (broad SMARTS) is 3. The molecule has 0 aliphatic rings. The molecule has 0 fully saturated rings. The SMILES string of the molecule is O=C(O)c1cc(O)c(O)c(O)c1.O=C(O)c1cc(O)c(O)c(O)c1.O=C(O)c1cc(O)c(O)c(O)c1.[Gd]. The van der Waals surface area contributed by atoms with E-state index in [-0.39, 0.29) is 56.6 Å². The van der Waals surface area contributed by atoms with Crippen LogP contribution in [0, 0.1) is 39.9 Å². The van der Waals surface area contributed by atoms with Gasteiger partial charge in [-0.05, 0) is 36.4 Å². The molecule has 0 saturated heterocycles. The molecule has 15 nitrogen and oxygen atoms in total. The molecule has 0 aliphatic heterocycles. The molecular formula is C21H18GdO15. The van der Waals surface area contributed by atoms with Crippen LogP contribution in [0.15, 0.2) is 36.4 Å².